The third kappa shape index (κ3) is 3.78. The van der Waals surface area contributed by atoms with E-state index in [-0.39, 0.29) is 12.3 Å². The Morgan fingerprint density at radius 1 is 2.00 bits per heavy atom. The van der Waals surface area contributed by atoms with Crippen LogP contribution in [0.5, 0.6) is 0 Å². The molecular weight excluding hydrogens is 104 g/mol. The monoisotopic (exact) mass is 108 g/mol. The van der Waals surface area contributed by atoms with Crippen molar-refractivity contribution in [1.82, 2.24) is 0 Å². The van der Waals surface area contributed by atoms with Gasteiger partial charge in [0.05, 0.1) is 0 Å². The molecule has 0 atom stereocenters. The topological polar surface area (TPSA) is 46.5 Å². The van der Waals surface area contributed by atoms with E-state index in [9.17, 15) is 4.79 Å². The van der Waals surface area contributed by atoms with E-state index in [0.717, 1.165) is 0 Å². The number of carbonyl (C=O) groups excluding carboxylic acids is 1. The van der Waals surface area contributed by atoms with Crippen molar-refractivity contribution >= 4 is 18.3 Å². The predicted octanol–water partition coefficient (Wildman–Crippen LogP) is 0.671. The van der Waals surface area contributed by atoms with Gasteiger partial charge in [0.25, 0.3) is 0 Å². The minimum Gasteiger partial charge on any atom is -0.364 e. The van der Waals surface area contributed by atoms with Crippen LogP contribution in [-0.4, -0.2) is 10.5 Å². The van der Waals surface area contributed by atoms with Crippen molar-refractivity contribution in [3.05, 3.63) is 0 Å². The Hall–Kier alpha value is -0.220. The van der Waals surface area contributed by atoms with Crippen LogP contribution in [0.2, 0.25) is 0 Å². The summed E-state index contributed by atoms with van der Waals surface area (Å²) in [4.78, 5) is 9.64. The molecule has 0 aromatic heterocycles. The second kappa shape index (κ2) is 2.99. The zero-order chi connectivity index (χ0) is 4.99. The number of carbonyl (C=O) groups is 1. The first kappa shape index (κ1) is 5.78. The lowest BCUT2D eigenvalue weighted by Gasteiger charge is -1.84. The summed E-state index contributed by atoms with van der Waals surface area (Å²) in [5.74, 6) is -0.498. The Labute approximate surface area is 39.7 Å². The highest BCUT2D eigenvalue weighted by atomic mass is 32.2. The maximum absolute atomic E-state index is 9.64. The summed E-state index contributed by atoms with van der Waals surface area (Å²) in [6, 6.07) is 0. The standard InChI is InChI=1S/C2H4O3S/c1-2(3)5-6-4/h4H,1H3. The summed E-state index contributed by atoms with van der Waals surface area (Å²) >= 11 is 0.0602. The maximum atomic E-state index is 9.64. The van der Waals surface area contributed by atoms with E-state index in [1.165, 1.54) is 6.92 Å². The molecular formula is C2H4O3S. The van der Waals surface area contributed by atoms with E-state index in [4.69, 9.17) is 4.55 Å². The van der Waals surface area contributed by atoms with Crippen LogP contribution in [-0.2, 0) is 8.98 Å². The predicted molar refractivity (Wildman–Crippen MR) is 22.0 cm³/mol. The molecule has 0 aliphatic carbocycles. The van der Waals surface area contributed by atoms with Crippen molar-refractivity contribution in [3.8, 4) is 0 Å². The molecule has 0 aromatic carbocycles. The van der Waals surface area contributed by atoms with Crippen molar-refractivity contribution in [1.29, 1.82) is 0 Å². The molecule has 0 heterocycles. The van der Waals surface area contributed by atoms with Crippen molar-refractivity contribution in [2.75, 3.05) is 0 Å². The Morgan fingerprint density at radius 3 is 2.50 bits per heavy atom. The molecule has 0 spiro atoms. The van der Waals surface area contributed by atoms with Crippen LogP contribution in [0.1, 0.15) is 6.92 Å². The molecule has 0 radical (unpaired) electrons. The van der Waals surface area contributed by atoms with Crippen molar-refractivity contribution in [3.63, 3.8) is 0 Å². The molecule has 0 fully saturated rings. The normalized spacial score (nSPS) is 7.67. The average molecular weight is 108 g/mol. The average Bonchev–Trinajstić information content (AvgIpc) is 1.35. The van der Waals surface area contributed by atoms with E-state index < -0.39 is 5.97 Å². The minimum atomic E-state index is -0.498. The van der Waals surface area contributed by atoms with Crippen LogP contribution in [0.15, 0.2) is 0 Å². The molecule has 36 valence electrons. The fourth-order valence-electron chi connectivity index (χ4n) is 0.0525. The van der Waals surface area contributed by atoms with Crippen LogP contribution < -0.4 is 0 Å². The third-order valence-corrected chi connectivity index (χ3v) is 0.464. The molecule has 0 aromatic rings. The minimum absolute atomic E-state index is 0.0602. The van der Waals surface area contributed by atoms with Crippen molar-refractivity contribution < 1.29 is 13.5 Å². The van der Waals surface area contributed by atoms with E-state index >= 15 is 0 Å². The van der Waals surface area contributed by atoms with E-state index in [1.807, 2.05) is 0 Å². The lowest BCUT2D eigenvalue weighted by molar-refractivity contribution is -0.130. The Balaban J connectivity index is 2.83. The molecule has 0 aliphatic rings. The van der Waals surface area contributed by atoms with E-state index in [0.29, 0.717) is 0 Å². The van der Waals surface area contributed by atoms with Gasteiger partial charge in [0.15, 0.2) is 0 Å². The summed E-state index contributed by atoms with van der Waals surface area (Å²) in [7, 11) is 0. The van der Waals surface area contributed by atoms with Gasteiger partial charge in [0.2, 0.25) is 12.3 Å². The highest BCUT2D eigenvalue weighted by Crippen LogP contribution is 1.91. The van der Waals surface area contributed by atoms with Crippen molar-refractivity contribution in [2.24, 2.45) is 0 Å². The summed E-state index contributed by atoms with van der Waals surface area (Å²) in [5.41, 5.74) is 0. The number of rotatable bonds is 1. The molecule has 0 aliphatic heterocycles. The first-order valence-electron chi connectivity index (χ1n) is 1.26. The van der Waals surface area contributed by atoms with E-state index in [1.54, 1.807) is 0 Å². The first-order chi connectivity index (χ1) is 2.77. The molecule has 3 nitrogen and oxygen atoms in total. The van der Waals surface area contributed by atoms with Crippen LogP contribution in [0.25, 0.3) is 0 Å². The summed E-state index contributed by atoms with van der Waals surface area (Å²) in [5, 5.41) is 0. The smallest absolute Gasteiger partial charge is 0.316 e. The van der Waals surface area contributed by atoms with Crippen LogP contribution >= 0.6 is 12.3 Å². The molecule has 0 amide bonds. The second-order valence-corrected chi connectivity index (χ2v) is 0.965. The Bertz CT molecular complexity index is 52.8. The largest absolute Gasteiger partial charge is 0.364 e. The molecule has 6 heavy (non-hydrogen) atoms. The van der Waals surface area contributed by atoms with Gasteiger partial charge in [0, 0.05) is 6.92 Å². The molecule has 0 bridgehead atoms. The number of hydrogen-bond donors (Lipinski definition) is 1. The quantitative estimate of drug-likeness (QED) is 0.501. The van der Waals surface area contributed by atoms with Gasteiger partial charge in [-0.1, -0.05) is 0 Å². The van der Waals surface area contributed by atoms with Gasteiger partial charge >= 0.3 is 5.97 Å². The maximum Gasteiger partial charge on any atom is 0.316 e. The lowest BCUT2D eigenvalue weighted by atomic mass is 10.9. The summed E-state index contributed by atoms with van der Waals surface area (Å²) in [6.45, 7) is 1.21. The van der Waals surface area contributed by atoms with Gasteiger partial charge in [0.1, 0.15) is 0 Å². The SMILES string of the molecule is CC(=O)OSO. The summed E-state index contributed by atoms with van der Waals surface area (Å²) in [6.07, 6.45) is 0. The van der Waals surface area contributed by atoms with Crippen LogP contribution in [0.3, 0.4) is 0 Å². The fraction of sp³-hybridized carbons (Fsp3) is 0.500. The lowest BCUT2D eigenvalue weighted by Crippen LogP contribution is -1.86. The van der Waals surface area contributed by atoms with Gasteiger partial charge < -0.3 is 4.18 Å². The Morgan fingerprint density at radius 2 is 2.50 bits per heavy atom. The third-order valence-electron chi connectivity index (χ3n) is 0.155. The second-order valence-electron chi connectivity index (χ2n) is 0.649. The van der Waals surface area contributed by atoms with Gasteiger partial charge in [-0.05, 0) is 0 Å². The Kier molecular flexibility index (Phi) is 2.88. The highest BCUT2D eigenvalue weighted by Gasteiger charge is 1.85. The van der Waals surface area contributed by atoms with Gasteiger partial charge in [-0.3, -0.25) is 9.35 Å². The van der Waals surface area contributed by atoms with Gasteiger partial charge in [-0.2, -0.15) is 0 Å². The highest BCUT2D eigenvalue weighted by molar-refractivity contribution is 7.89. The van der Waals surface area contributed by atoms with Crippen molar-refractivity contribution in [2.45, 2.75) is 6.92 Å². The van der Waals surface area contributed by atoms with Gasteiger partial charge in [-0.15, -0.1) is 0 Å². The number of hydrogen-bond acceptors (Lipinski definition) is 4. The molecule has 1 N–H and O–H groups in total. The summed E-state index contributed by atoms with van der Waals surface area (Å²) < 4.78 is 11.6. The first-order valence-corrected chi connectivity index (χ1v) is 1.96. The molecule has 0 rings (SSSR count). The molecule has 0 saturated carbocycles. The molecule has 4 heteroatoms. The zero-order valence-corrected chi connectivity index (χ0v) is 3.99. The molecule has 0 saturated heterocycles. The van der Waals surface area contributed by atoms with Gasteiger partial charge in [-0.25, -0.2) is 0 Å². The molecule has 0 unspecified atom stereocenters. The fourth-order valence-corrected chi connectivity index (χ4v) is 0.157. The zero-order valence-electron chi connectivity index (χ0n) is 3.17. The van der Waals surface area contributed by atoms with Crippen LogP contribution in [0, 0.1) is 0 Å². The van der Waals surface area contributed by atoms with Crippen LogP contribution in [0.4, 0.5) is 0 Å². The van der Waals surface area contributed by atoms with E-state index in [2.05, 4.69) is 4.18 Å².